The van der Waals surface area contributed by atoms with E-state index >= 15 is 0 Å². The average molecular weight is 442 g/mol. The molecule has 1 heterocycles. The van der Waals surface area contributed by atoms with Gasteiger partial charge in [-0.3, -0.25) is 4.79 Å². The maximum absolute atomic E-state index is 12.3. The van der Waals surface area contributed by atoms with Crippen LogP contribution in [0.2, 0.25) is 5.02 Å². The van der Waals surface area contributed by atoms with Gasteiger partial charge < -0.3 is 9.73 Å². The maximum Gasteiger partial charge on any atom is 0.266 e. The van der Waals surface area contributed by atoms with E-state index in [0.29, 0.717) is 22.2 Å². The average Bonchev–Trinajstić information content (AvgIpc) is 3.09. The third-order valence-corrected chi connectivity index (χ3v) is 4.68. The van der Waals surface area contributed by atoms with Gasteiger partial charge in [-0.05, 0) is 61.0 Å². The van der Waals surface area contributed by atoms with Crippen LogP contribution in [0.3, 0.4) is 0 Å². The van der Waals surface area contributed by atoms with Gasteiger partial charge in [0, 0.05) is 26.8 Å². The number of benzene rings is 2. The molecule has 0 aliphatic heterocycles. The van der Waals surface area contributed by atoms with Crippen molar-refractivity contribution in [3.63, 3.8) is 0 Å². The normalized spacial score (nSPS) is 11.1. The Labute approximate surface area is 170 Å². The van der Waals surface area contributed by atoms with E-state index in [0.717, 1.165) is 15.6 Å². The van der Waals surface area contributed by atoms with Crippen LogP contribution in [0.1, 0.15) is 11.3 Å². The Balaban J connectivity index is 1.82. The summed E-state index contributed by atoms with van der Waals surface area (Å²) < 4.78 is 6.69. The molecule has 0 atom stereocenters. The number of aryl methyl sites for hydroxylation is 1. The van der Waals surface area contributed by atoms with Gasteiger partial charge in [0.15, 0.2) is 0 Å². The van der Waals surface area contributed by atoms with E-state index in [1.165, 1.54) is 6.08 Å². The largest absolute Gasteiger partial charge is 0.457 e. The first-order valence-corrected chi connectivity index (χ1v) is 9.18. The van der Waals surface area contributed by atoms with Crippen LogP contribution in [0, 0.1) is 18.3 Å². The maximum atomic E-state index is 12.3. The number of carbonyl (C=O) groups is 1. The number of nitrogens with zero attached hydrogens (tertiary/aromatic N) is 1. The van der Waals surface area contributed by atoms with E-state index in [1.807, 2.05) is 31.2 Å². The van der Waals surface area contributed by atoms with Crippen molar-refractivity contribution in [2.45, 2.75) is 6.92 Å². The summed E-state index contributed by atoms with van der Waals surface area (Å²) in [6.07, 6.45) is 1.41. The van der Waals surface area contributed by atoms with Crippen molar-refractivity contribution < 1.29 is 9.21 Å². The molecule has 0 aliphatic carbocycles. The fourth-order valence-electron chi connectivity index (χ4n) is 2.42. The minimum atomic E-state index is -0.519. The van der Waals surface area contributed by atoms with E-state index < -0.39 is 5.91 Å². The first-order chi connectivity index (χ1) is 13.0. The molecule has 6 heteroatoms. The molecule has 134 valence electrons. The lowest BCUT2D eigenvalue weighted by atomic mass is 10.1. The Morgan fingerprint density at radius 1 is 1.19 bits per heavy atom. The Bertz CT molecular complexity index is 1060. The second-order valence-electron chi connectivity index (χ2n) is 5.82. The fourth-order valence-corrected chi connectivity index (χ4v) is 3.23. The molecule has 0 unspecified atom stereocenters. The molecule has 4 nitrogen and oxygen atoms in total. The van der Waals surface area contributed by atoms with E-state index in [-0.39, 0.29) is 5.57 Å². The van der Waals surface area contributed by atoms with Crippen molar-refractivity contribution in [1.29, 1.82) is 5.26 Å². The number of anilines is 1. The minimum absolute atomic E-state index is 0.0613. The van der Waals surface area contributed by atoms with Crippen LogP contribution in [0.15, 0.2) is 69.1 Å². The molecule has 1 N–H and O–H groups in total. The standard InChI is InChI=1S/C21H14BrClN2O2/c1-13-2-8-18(19(22)10-13)20-9-7-17(27-20)11-14(12-24)21(26)25-16-5-3-15(23)4-6-16/h2-11H,1H3,(H,25,26)/b14-11+. The predicted octanol–water partition coefficient (Wildman–Crippen LogP) is 6.22. The monoisotopic (exact) mass is 440 g/mol. The summed E-state index contributed by atoms with van der Waals surface area (Å²) in [5.41, 5.74) is 2.51. The zero-order valence-corrected chi connectivity index (χ0v) is 16.6. The summed E-state index contributed by atoms with van der Waals surface area (Å²) in [4.78, 5) is 12.3. The summed E-state index contributed by atoms with van der Waals surface area (Å²) in [6.45, 7) is 2.00. The molecule has 0 saturated heterocycles. The van der Waals surface area contributed by atoms with Gasteiger partial charge in [-0.2, -0.15) is 5.26 Å². The summed E-state index contributed by atoms with van der Waals surface area (Å²) in [5, 5.41) is 12.5. The minimum Gasteiger partial charge on any atom is -0.457 e. The van der Waals surface area contributed by atoms with Crippen molar-refractivity contribution >= 4 is 45.2 Å². The van der Waals surface area contributed by atoms with E-state index in [2.05, 4.69) is 21.2 Å². The Morgan fingerprint density at radius 3 is 2.59 bits per heavy atom. The van der Waals surface area contributed by atoms with Gasteiger partial charge in [0.1, 0.15) is 23.2 Å². The number of hydrogen-bond donors (Lipinski definition) is 1. The van der Waals surface area contributed by atoms with Gasteiger partial charge in [-0.1, -0.05) is 33.6 Å². The molecule has 0 fully saturated rings. The van der Waals surface area contributed by atoms with Gasteiger partial charge in [-0.25, -0.2) is 0 Å². The quantitative estimate of drug-likeness (QED) is 0.386. The Hall–Kier alpha value is -2.81. The Kier molecular flexibility index (Phi) is 5.80. The summed E-state index contributed by atoms with van der Waals surface area (Å²) in [6, 6.07) is 18.0. The lowest BCUT2D eigenvalue weighted by molar-refractivity contribution is -0.112. The first kappa shape index (κ1) is 19.0. The topological polar surface area (TPSA) is 66.0 Å². The van der Waals surface area contributed by atoms with Gasteiger partial charge in [0.25, 0.3) is 5.91 Å². The molecule has 0 radical (unpaired) electrons. The highest BCUT2D eigenvalue weighted by molar-refractivity contribution is 9.10. The molecule has 3 aromatic rings. The van der Waals surface area contributed by atoms with Gasteiger partial charge in [0.2, 0.25) is 0 Å². The van der Waals surface area contributed by atoms with Crippen LogP contribution >= 0.6 is 27.5 Å². The number of hydrogen-bond acceptors (Lipinski definition) is 3. The molecule has 0 spiro atoms. The number of amides is 1. The van der Waals surface area contributed by atoms with Crippen LogP contribution < -0.4 is 5.32 Å². The SMILES string of the molecule is Cc1ccc(-c2ccc(/C=C(\C#N)C(=O)Nc3ccc(Cl)cc3)o2)c(Br)c1. The molecular formula is C21H14BrClN2O2. The van der Waals surface area contributed by atoms with E-state index in [4.69, 9.17) is 16.0 Å². The lowest BCUT2D eigenvalue weighted by Crippen LogP contribution is -2.13. The van der Waals surface area contributed by atoms with E-state index in [1.54, 1.807) is 36.4 Å². The zero-order valence-electron chi connectivity index (χ0n) is 14.3. The van der Waals surface area contributed by atoms with E-state index in [9.17, 15) is 10.1 Å². The highest BCUT2D eigenvalue weighted by atomic mass is 79.9. The predicted molar refractivity (Wildman–Crippen MR) is 110 cm³/mol. The first-order valence-electron chi connectivity index (χ1n) is 8.01. The Morgan fingerprint density at radius 2 is 1.93 bits per heavy atom. The highest BCUT2D eigenvalue weighted by Gasteiger charge is 2.12. The molecule has 2 aromatic carbocycles. The van der Waals surface area contributed by atoms with Crippen LogP contribution in [0.25, 0.3) is 17.4 Å². The van der Waals surface area contributed by atoms with Crippen molar-refractivity contribution in [3.05, 3.63) is 81.0 Å². The second kappa shape index (κ2) is 8.26. The molecule has 1 aromatic heterocycles. The van der Waals surface area contributed by atoms with Crippen molar-refractivity contribution in [2.75, 3.05) is 5.32 Å². The molecule has 3 rings (SSSR count). The second-order valence-corrected chi connectivity index (χ2v) is 7.11. The van der Waals surface area contributed by atoms with Gasteiger partial charge in [-0.15, -0.1) is 0 Å². The third-order valence-electron chi connectivity index (χ3n) is 3.77. The fraction of sp³-hybridized carbons (Fsp3) is 0.0476. The molecule has 0 saturated carbocycles. The molecule has 0 aliphatic rings. The van der Waals surface area contributed by atoms with Gasteiger partial charge >= 0.3 is 0 Å². The van der Waals surface area contributed by atoms with Crippen molar-refractivity contribution in [3.8, 4) is 17.4 Å². The third kappa shape index (κ3) is 4.68. The van der Waals surface area contributed by atoms with Crippen LogP contribution in [-0.4, -0.2) is 5.91 Å². The number of furan rings is 1. The van der Waals surface area contributed by atoms with Crippen molar-refractivity contribution in [1.82, 2.24) is 0 Å². The smallest absolute Gasteiger partial charge is 0.266 e. The highest BCUT2D eigenvalue weighted by Crippen LogP contribution is 2.31. The molecular weight excluding hydrogens is 428 g/mol. The lowest BCUT2D eigenvalue weighted by Gasteiger charge is -2.04. The molecule has 0 bridgehead atoms. The van der Waals surface area contributed by atoms with Crippen LogP contribution in [-0.2, 0) is 4.79 Å². The number of carbonyl (C=O) groups excluding carboxylic acids is 1. The summed E-state index contributed by atoms with van der Waals surface area (Å²) in [5.74, 6) is 0.540. The number of nitriles is 1. The molecule has 27 heavy (non-hydrogen) atoms. The van der Waals surface area contributed by atoms with Crippen LogP contribution in [0.5, 0.6) is 0 Å². The van der Waals surface area contributed by atoms with Crippen molar-refractivity contribution in [2.24, 2.45) is 0 Å². The summed E-state index contributed by atoms with van der Waals surface area (Å²) >= 11 is 9.35. The van der Waals surface area contributed by atoms with Gasteiger partial charge in [0.05, 0.1) is 0 Å². The number of nitrogens with one attached hydrogen (secondary N) is 1. The number of rotatable bonds is 4. The molecule has 1 amide bonds. The summed E-state index contributed by atoms with van der Waals surface area (Å²) in [7, 11) is 0. The zero-order chi connectivity index (χ0) is 19.4. The number of halogens is 2. The van der Waals surface area contributed by atoms with Crippen LogP contribution in [0.4, 0.5) is 5.69 Å².